The number of amides is 1. The predicted molar refractivity (Wildman–Crippen MR) is 88.0 cm³/mol. The number of nitro benzene ring substituents is 1. The number of hydrogen-bond donors (Lipinski definition) is 1. The lowest BCUT2D eigenvalue weighted by atomic mass is 10.3. The number of non-ortho nitro benzene ring substituents is 1. The van der Waals surface area contributed by atoms with E-state index in [0.29, 0.717) is 5.03 Å². The van der Waals surface area contributed by atoms with E-state index in [4.69, 9.17) is 4.74 Å². The molecule has 1 aromatic carbocycles. The zero-order valence-corrected chi connectivity index (χ0v) is 13.4. The van der Waals surface area contributed by atoms with Crippen LogP contribution in [0.3, 0.4) is 0 Å². The minimum Gasteiger partial charge on any atom is -0.452 e. The molecule has 0 bridgehead atoms. The quantitative estimate of drug-likeness (QED) is 0.370. The number of benzene rings is 1. The fraction of sp³-hybridized carbons (Fsp3) is 0.133. The standard InChI is InChI=1S/C15H13N3O5S/c1-24-14-12(6-3-7-16-14)15(20)23-9-13(19)17-10-4-2-5-11(8-10)18(21)22/h2-8H,9H2,1H3,(H,17,19). The van der Waals surface area contributed by atoms with Gasteiger partial charge in [-0.05, 0) is 24.5 Å². The molecule has 0 radical (unpaired) electrons. The van der Waals surface area contributed by atoms with Crippen LogP contribution in [0.5, 0.6) is 0 Å². The second-order valence-electron chi connectivity index (χ2n) is 4.49. The van der Waals surface area contributed by atoms with E-state index in [9.17, 15) is 19.7 Å². The van der Waals surface area contributed by atoms with E-state index >= 15 is 0 Å². The molecule has 0 spiro atoms. The molecule has 0 saturated heterocycles. The van der Waals surface area contributed by atoms with Gasteiger partial charge < -0.3 is 10.1 Å². The molecule has 0 fully saturated rings. The number of rotatable bonds is 6. The van der Waals surface area contributed by atoms with Crippen molar-refractivity contribution in [2.24, 2.45) is 0 Å². The maximum atomic E-state index is 12.0. The highest BCUT2D eigenvalue weighted by Gasteiger charge is 2.15. The molecule has 0 saturated carbocycles. The van der Waals surface area contributed by atoms with Gasteiger partial charge in [-0.2, -0.15) is 0 Å². The predicted octanol–water partition coefficient (Wildman–Crippen LogP) is 2.51. The molecule has 0 atom stereocenters. The Balaban J connectivity index is 1.94. The van der Waals surface area contributed by atoms with Crippen molar-refractivity contribution in [1.82, 2.24) is 4.98 Å². The summed E-state index contributed by atoms with van der Waals surface area (Å²) in [6, 6.07) is 8.62. The van der Waals surface area contributed by atoms with Crippen molar-refractivity contribution in [3.05, 3.63) is 58.3 Å². The van der Waals surface area contributed by atoms with E-state index in [-0.39, 0.29) is 16.9 Å². The van der Waals surface area contributed by atoms with Gasteiger partial charge in [0, 0.05) is 24.0 Å². The molecule has 1 N–H and O–H groups in total. The van der Waals surface area contributed by atoms with Crippen LogP contribution in [0.2, 0.25) is 0 Å². The fourth-order valence-electron chi connectivity index (χ4n) is 1.81. The molecule has 0 aliphatic heterocycles. The first-order valence-corrected chi connectivity index (χ1v) is 7.94. The molecule has 1 amide bonds. The summed E-state index contributed by atoms with van der Waals surface area (Å²) in [5.41, 5.74) is 0.370. The first-order chi connectivity index (χ1) is 11.5. The van der Waals surface area contributed by atoms with Gasteiger partial charge in [0.25, 0.3) is 11.6 Å². The number of nitrogens with zero attached hydrogens (tertiary/aromatic N) is 2. The molecular weight excluding hydrogens is 334 g/mol. The number of pyridine rings is 1. The molecule has 24 heavy (non-hydrogen) atoms. The minimum atomic E-state index is -0.665. The lowest BCUT2D eigenvalue weighted by Crippen LogP contribution is -2.21. The van der Waals surface area contributed by atoms with Gasteiger partial charge in [0.1, 0.15) is 5.03 Å². The van der Waals surface area contributed by atoms with Crippen LogP contribution in [-0.2, 0) is 9.53 Å². The molecular formula is C15H13N3O5S. The van der Waals surface area contributed by atoms with Crippen LogP contribution in [0.15, 0.2) is 47.6 Å². The molecule has 9 heteroatoms. The van der Waals surface area contributed by atoms with Crippen molar-refractivity contribution in [3.63, 3.8) is 0 Å². The third kappa shape index (κ3) is 4.53. The van der Waals surface area contributed by atoms with Crippen molar-refractivity contribution < 1.29 is 19.2 Å². The Morgan fingerprint density at radius 2 is 2.12 bits per heavy atom. The molecule has 2 aromatic rings. The maximum absolute atomic E-state index is 12.0. The van der Waals surface area contributed by atoms with E-state index in [1.165, 1.54) is 36.0 Å². The van der Waals surface area contributed by atoms with E-state index in [1.54, 1.807) is 24.6 Å². The number of nitro groups is 1. The summed E-state index contributed by atoms with van der Waals surface area (Å²) in [6.07, 6.45) is 3.33. The Kier molecular flexibility index (Phi) is 5.85. The first-order valence-electron chi connectivity index (χ1n) is 6.71. The topological polar surface area (TPSA) is 111 Å². The zero-order chi connectivity index (χ0) is 17.5. The Morgan fingerprint density at radius 1 is 1.33 bits per heavy atom. The van der Waals surface area contributed by atoms with E-state index < -0.39 is 23.4 Å². The number of nitrogens with one attached hydrogen (secondary N) is 1. The molecule has 0 aliphatic rings. The van der Waals surface area contributed by atoms with Crippen LogP contribution < -0.4 is 5.32 Å². The smallest absolute Gasteiger partial charge is 0.341 e. The summed E-state index contributed by atoms with van der Waals surface area (Å²) >= 11 is 1.29. The molecule has 0 unspecified atom stereocenters. The fourth-order valence-corrected chi connectivity index (χ4v) is 2.35. The molecule has 1 heterocycles. The SMILES string of the molecule is CSc1ncccc1C(=O)OCC(=O)Nc1cccc([N+](=O)[O-])c1. The van der Waals surface area contributed by atoms with Crippen molar-refractivity contribution in [2.45, 2.75) is 5.03 Å². The minimum absolute atomic E-state index is 0.148. The number of esters is 1. The lowest BCUT2D eigenvalue weighted by Gasteiger charge is -2.08. The van der Waals surface area contributed by atoms with Gasteiger partial charge in [-0.3, -0.25) is 14.9 Å². The highest BCUT2D eigenvalue weighted by atomic mass is 32.2. The Labute approximate surface area is 141 Å². The summed E-state index contributed by atoms with van der Waals surface area (Å²) in [5, 5.41) is 13.6. The van der Waals surface area contributed by atoms with Crippen molar-refractivity contribution in [3.8, 4) is 0 Å². The highest BCUT2D eigenvalue weighted by Crippen LogP contribution is 2.18. The summed E-state index contributed by atoms with van der Waals surface area (Å²) in [7, 11) is 0. The first kappa shape index (κ1) is 17.4. The maximum Gasteiger partial charge on any atom is 0.341 e. The van der Waals surface area contributed by atoms with Gasteiger partial charge in [-0.1, -0.05) is 6.07 Å². The summed E-state index contributed by atoms with van der Waals surface area (Å²) in [4.78, 5) is 37.9. The molecule has 1 aromatic heterocycles. The van der Waals surface area contributed by atoms with Crippen molar-refractivity contribution >= 4 is 35.0 Å². The molecule has 0 aliphatic carbocycles. The second-order valence-corrected chi connectivity index (χ2v) is 5.29. The number of ether oxygens (including phenoxy) is 1. The van der Waals surface area contributed by atoms with Crippen LogP contribution in [0.4, 0.5) is 11.4 Å². The van der Waals surface area contributed by atoms with Crippen LogP contribution >= 0.6 is 11.8 Å². The average Bonchev–Trinajstić information content (AvgIpc) is 2.59. The number of thioether (sulfide) groups is 1. The highest BCUT2D eigenvalue weighted by molar-refractivity contribution is 7.98. The lowest BCUT2D eigenvalue weighted by molar-refractivity contribution is -0.384. The number of carbonyl (C=O) groups is 2. The molecule has 2 rings (SSSR count). The number of carbonyl (C=O) groups excluding carboxylic acids is 2. The van der Waals surface area contributed by atoms with Gasteiger partial charge in [-0.15, -0.1) is 11.8 Å². The van der Waals surface area contributed by atoms with Crippen LogP contribution in [0, 0.1) is 10.1 Å². The summed E-state index contributed by atoms with van der Waals surface area (Å²) in [6.45, 7) is -0.510. The Hall–Kier alpha value is -2.94. The summed E-state index contributed by atoms with van der Waals surface area (Å²) in [5.74, 6) is -1.26. The Bertz CT molecular complexity index is 781. The summed E-state index contributed by atoms with van der Waals surface area (Å²) < 4.78 is 4.94. The monoisotopic (exact) mass is 347 g/mol. The molecule has 124 valence electrons. The number of aromatic nitrogens is 1. The average molecular weight is 347 g/mol. The van der Waals surface area contributed by atoms with E-state index in [2.05, 4.69) is 10.3 Å². The normalized spacial score (nSPS) is 10.0. The molecule has 8 nitrogen and oxygen atoms in total. The van der Waals surface area contributed by atoms with Gasteiger partial charge in [0.15, 0.2) is 6.61 Å². The van der Waals surface area contributed by atoms with Gasteiger partial charge >= 0.3 is 5.97 Å². The number of hydrogen-bond acceptors (Lipinski definition) is 7. The number of anilines is 1. The zero-order valence-electron chi connectivity index (χ0n) is 12.6. The van der Waals surface area contributed by atoms with Crippen LogP contribution in [0.25, 0.3) is 0 Å². The largest absolute Gasteiger partial charge is 0.452 e. The van der Waals surface area contributed by atoms with Crippen LogP contribution in [-0.4, -0.2) is 34.6 Å². The Morgan fingerprint density at radius 3 is 2.83 bits per heavy atom. The van der Waals surface area contributed by atoms with Gasteiger partial charge in [0.2, 0.25) is 0 Å². The van der Waals surface area contributed by atoms with Gasteiger partial charge in [-0.25, -0.2) is 9.78 Å². The van der Waals surface area contributed by atoms with E-state index in [0.717, 1.165) is 0 Å². The van der Waals surface area contributed by atoms with Crippen molar-refractivity contribution in [1.29, 1.82) is 0 Å². The second kappa shape index (κ2) is 8.06. The van der Waals surface area contributed by atoms with Gasteiger partial charge in [0.05, 0.1) is 10.5 Å². The van der Waals surface area contributed by atoms with Crippen LogP contribution in [0.1, 0.15) is 10.4 Å². The van der Waals surface area contributed by atoms with Crippen molar-refractivity contribution in [2.75, 3.05) is 18.2 Å². The van der Waals surface area contributed by atoms with E-state index in [1.807, 2.05) is 0 Å². The third-order valence-electron chi connectivity index (χ3n) is 2.86. The third-order valence-corrected chi connectivity index (χ3v) is 3.57.